The lowest BCUT2D eigenvalue weighted by atomic mass is 10.1. The van der Waals surface area contributed by atoms with Crippen molar-refractivity contribution in [3.05, 3.63) is 58.2 Å². The fourth-order valence-corrected chi connectivity index (χ4v) is 3.51. The lowest BCUT2D eigenvalue weighted by Gasteiger charge is -2.36. The molecule has 1 fully saturated rings. The zero-order valence-electron chi connectivity index (χ0n) is 15.3. The van der Waals surface area contributed by atoms with Crippen LogP contribution in [0.25, 0.3) is 0 Å². The van der Waals surface area contributed by atoms with Gasteiger partial charge in [-0.25, -0.2) is 4.98 Å². The Balaban J connectivity index is 1.60. The molecule has 2 atom stereocenters. The van der Waals surface area contributed by atoms with Crippen LogP contribution in [0, 0.1) is 6.92 Å². The zero-order chi connectivity index (χ0) is 18.7. The third-order valence-corrected chi connectivity index (χ3v) is 4.53. The first-order valence-corrected chi connectivity index (χ1v) is 9.19. The number of hydrogen-bond acceptors (Lipinski definition) is 4. The van der Waals surface area contributed by atoms with Crippen LogP contribution in [0.15, 0.2) is 36.5 Å². The Bertz CT molecular complexity index is 749. The summed E-state index contributed by atoms with van der Waals surface area (Å²) < 4.78 is 5.76. The molecule has 138 valence electrons. The van der Waals surface area contributed by atoms with E-state index in [1.807, 2.05) is 37.4 Å². The molecule has 26 heavy (non-hydrogen) atoms. The van der Waals surface area contributed by atoms with Crippen molar-refractivity contribution in [3.63, 3.8) is 0 Å². The standard InChI is InChI=1S/C20H24ClN3O2/c1-13-6-17(8-18(21)7-13)20(25)23-10-16-4-5-19(22-9-16)24-11-14(2)26-15(3)12-24/h4-9,14-15H,10-12H2,1-3H3,(H,23,25). The third-order valence-electron chi connectivity index (χ3n) is 4.31. The van der Waals surface area contributed by atoms with Crippen molar-refractivity contribution < 1.29 is 9.53 Å². The Morgan fingerprint density at radius 2 is 2.00 bits per heavy atom. The summed E-state index contributed by atoms with van der Waals surface area (Å²) >= 11 is 6.02. The molecule has 1 aromatic carbocycles. The molecular formula is C20H24ClN3O2. The van der Waals surface area contributed by atoms with E-state index < -0.39 is 0 Å². The zero-order valence-corrected chi connectivity index (χ0v) is 16.1. The number of hydrogen-bond donors (Lipinski definition) is 1. The molecule has 3 rings (SSSR count). The van der Waals surface area contributed by atoms with Crippen molar-refractivity contribution in [2.45, 2.75) is 39.5 Å². The van der Waals surface area contributed by atoms with E-state index in [4.69, 9.17) is 16.3 Å². The molecule has 1 N–H and O–H groups in total. The van der Waals surface area contributed by atoms with Gasteiger partial charge in [0.2, 0.25) is 0 Å². The molecule has 1 aliphatic rings. The number of pyridine rings is 1. The summed E-state index contributed by atoms with van der Waals surface area (Å²) in [6, 6.07) is 9.32. The van der Waals surface area contributed by atoms with Gasteiger partial charge in [-0.15, -0.1) is 0 Å². The molecular weight excluding hydrogens is 350 g/mol. The minimum absolute atomic E-state index is 0.143. The molecule has 1 saturated heterocycles. The van der Waals surface area contributed by atoms with Gasteiger partial charge in [0.1, 0.15) is 5.82 Å². The molecule has 0 aliphatic carbocycles. The van der Waals surface area contributed by atoms with Gasteiger partial charge in [0.15, 0.2) is 0 Å². The van der Waals surface area contributed by atoms with Gasteiger partial charge in [-0.2, -0.15) is 0 Å². The van der Waals surface area contributed by atoms with Crippen LogP contribution in [0.2, 0.25) is 5.02 Å². The van der Waals surface area contributed by atoms with Crippen molar-refractivity contribution in [1.82, 2.24) is 10.3 Å². The Hall–Kier alpha value is -2.11. The smallest absolute Gasteiger partial charge is 0.251 e. The number of nitrogens with one attached hydrogen (secondary N) is 1. The highest BCUT2D eigenvalue weighted by Crippen LogP contribution is 2.18. The molecule has 0 radical (unpaired) electrons. The quantitative estimate of drug-likeness (QED) is 0.889. The van der Waals surface area contributed by atoms with Gasteiger partial charge < -0.3 is 15.0 Å². The molecule has 1 aliphatic heterocycles. The summed E-state index contributed by atoms with van der Waals surface area (Å²) in [6.45, 7) is 8.16. The number of benzene rings is 1. The molecule has 2 unspecified atom stereocenters. The number of carbonyl (C=O) groups is 1. The van der Waals surface area contributed by atoms with Gasteiger partial charge in [0, 0.05) is 36.4 Å². The van der Waals surface area contributed by atoms with E-state index in [9.17, 15) is 4.79 Å². The summed E-state index contributed by atoms with van der Waals surface area (Å²) in [5.74, 6) is 0.794. The first-order valence-electron chi connectivity index (χ1n) is 8.81. The van der Waals surface area contributed by atoms with Crippen LogP contribution < -0.4 is 10.2 Å². The number of amides is 1. The molecule has 0 spiro atoms. The maximum absolute atomic E-state index is 12.3. The highest BCUT2D eigenvalue weighted by atomic mass is 35.5. The van der Waals surface area contributed by atoms with Crippen molar-refractivity contribution in [2.24, 2.45) is 0 Å². The Kier molecular flexibility index (Phi) is 5.79. The maximum atomic E-state index is 12.3. The second kappa shape index (κ2) is 8.06. The number of halogens is 1. The van der Waals surface area contributed by atoms with Gasteiger partial charge in [0.25, 0.3) is 5.91 Å². The number of rotatable bonds is 4. The molecule has 2 heterocycles. The number of aryl methyl sites for hydroxylation is 1. The highest BCUT2D eigenvalue weighted by molar-refractivity contribution is 6.31. The molecule has 5 nitrogen and oxygen atoms in total. The van der Waals surface area contributed by atoms with Gasteiger partial charge in [-0.1, -0.05) is 17.7 Å². The summed E-state index contributed by atoms with van der Waals surface area (Å²) in [5, 5.41) is 3.48. The number of ether oxygens (including phenoxy) is 1. The predicted molar refractivity (Wildman–Crippen MR) is 104 cm³/mol. The summed E-state index contributed by atoms with van der Waals surface area (Å²) in [7, 11) is 0. The van der Waals surface area contributed by atoms with Crippen molar-refractivity contribution >= 4 is 23.3 Å². The van der Waals surface area contributed by atoms with E-state index in [0.29, 0.717) is 17.1 Å². The van der Waals surface area contributed by atoms with E-state index in [1.165, 1.54) is 0 Å². The van der Waals surface area contributed by atoms with E-state index in [0.717, 1.165) is 30.0 Å². The van der Waals surface area contributed by atoms with E-state index in [-0.39, 0.29) is 18.1 Å². The molecule has 1 amide bonds. The third kappa shape index (κ3) is 4.74. The van der Waals surface area contributed by atoms with Crippen LogP contribution >= 0.6 is 11.6 Å². The molecule has 0 saturated carbocycles. The van der Waals surface area contributed by atoms with Crippen molar-refractivity contribution in [2.75, 3.05) is 18.0 Å². The van der Waals surface area contributed by atoms with E-state index in [1.54, 1.807) is 6.07 Å². The van der Waals surface area contributed by atoms with Gasteiger partial charge in [-0.05, 0) is 56.2 Å². The Labute approximate surface area is 159 Å². The van der Waals surface area contributed by atoms with Gasteiger partial charge in [0.05, 0.1) is 12.2 Å². The summed E-state index contributed by atoms with van der Waals surface area (Å²) in [4.78, 5) is 19.1. The van der Waals surface area contributed by atoms with E-state index >= 15 is 0 Å². The Morgan fingerprint density at radius 1 is 1.27 bits per heavy atom. The predicted octanol–water partition coefficient (Wildman–Crippen LogP) is 3.59. The number of aromatic nitrogens is 1. The van der Waals surface area contributed by atoms with Crippen LogP contribution in [0.3, 0.4) is 0 Å². The highest BCUT2D eigenvalue weighted by Gasteiger charge is 2.22. The minimum atomic E-state index is -0.143. The Morgan fingerprint density at radius 3 is 2.62 bits per heavy atom. The normalized spacial score (nSPS) is 20.1. The summed E-state index contributed by atoms with van der Waals surface area (Å²) in [5.41, 5.74) is 2.48. The minimum Gasteiger partial charge on any atom is -0.372 e. The van der Waals surface area contributed by atoms with Crippen LogP contribution in [0.4, 0.5) is 5.82 Å². The first kappa shape index (κ1) is 18.7. The second-order valence-corrected chi connectivity index (χ2v) is 7.32. The van der Waals surface area contributed by atoms with Crippen LogP contribution in [-0.2, 0) is 11.3 Å². The first-order chi connectivity index (χ1) is 12.4. The SMILES string of the molecule is Cc1cc(Cl)cc(C(=O)NCc2ccc(N3CC(C)OC(C)C3)nc2)c1. The maximum Gasteiger partial charge on any atom is 0.251 e. The lowest BCUT2D eigenvalue weighted by Crippen LogP contribution is -2.45. The van der Waals surface area contributed by atoms with Crippen molar-refractivity contribution in [1.29, 1.82) is 0 Å². The van der Waals surface area contributed by atoms with Crippen LogP contribution in [0.5, 0.6) is 0 Å². The number of nitrogens with zero attached hydrogens (tertiary/aromatic N) is 2. The number of anilines is 1. The average Bonchev–Trinajstić information content (AvgIpc) is 2.58. The van der Waals surface area contributed by atoms with Crippen molar-refractivity contribution in [3.8, 4) is 0 Å². The largest absolute Gasteiger partial charge is 0.372 e. The fraction of sp³-hybridized carbons (Fsp3) is 0.400. The lowest BCUT2D eigenvalue weighted by molar-refractivity contribution is -0.00546. The van der Waals surface area contributed by atoms with Gasteiger partial charge >= 0.3 is 0 Å². The molecule has 2 aromatic rings. The number of carbonyl (C=O) groups excluding carboxylic acids is 1. The topological polar surface area (TPSA) is 54.5 Å². The average molecular weight is 374 g/mol. The fourth-order valence-electron chi connectivity index (χ4n) is 3.23. The molecule has 6 heteroatoms. The monoisotopic (exact) mass is 373 g/mol. The number of morpholine rings is 1. The summed E-state index contributed by atoms with van der Waals surface area (Å²) in [6.07, 6.45) is 2.20. The van der Waals surface area contributed by atoms with Crippen LogP contribution in [0.1, 0.15) is 35.3 Å². The molecule has 0 bridgehead atoms. The van der Waals surface area contributed by atoms with Gasteiger partial charge in [-0.3, -0.25) is 4.79 Å². The second-order valence-electron chi connectivity index (χ2n) is 6.89. The molecule has 1 aromatic heterocycles. The van der Waals surface area contributed by atoms with Crippen LogP contribution in [-0.4, -0.2) is 36.2 Å². The van der Waals surface area contributed by atoms with E-state index in [2.05, 4.69) is 29.0 Å².